The van der Waals surface area contributed by atoms with Crippen LogP contribution in [0.25, 0.3) is 0 Å². The van der Waals surface area contributed by atoms with Gasteiger partial charge in [-0.25, -0.2) is 4.79 Å². The van der Waals surface area contributed by atoms with Crippen LogP contribution in [0.5, 0.6) is 0 Å². The summed E-state index contributed by atoms with van der Waals surface area (Å²) < 4.78 is 0. The number of hydrogen-bond acceptors (Lipinski definition) is 4. The van der Waals surface area contributed by atoms with Gasteiger partial charge in [-0.1, -0.05) is 96.1 Å². The molecule has 27 heavy (non-hydrogen) atoms. The van der Waals surface area contributed by atoms with Gasteiger partial charge in [-0.2, -0.15) is 0 Å². The van der Waals surface area contributed by atoms with E-state index in [4.69, 9.17) is 16.0 Å². The first-order valence-corrected chi connectivity index (χ1v) is 11.0. The Morgan fingerprint density at radius 2 is 1.37 bits per heavy atom. The van der Waals surface area contributed by atoms with Crippen molar-refractivity contribution < 1.29 is 9.63 Å². The molecule has 0 aliphatic heterocycles. The molecule has 0 heterocycles. The number of carbonyl (C=O) groups is 1. The zero-order valence-electron chi connectivity index (χ0n) is 17.7. The maximum Gasteiger partial charge on any atom is 0.335 e. The fraction of sp³-hybridized carbons (Fsp3) is 0.857. The van der Waals surface area contributed by atoms with E-state index >= 15 is 0 Å². The highest BCUT2D eigenvalue weighted by Gasteiger charge is 2.11. The molecule has 0 bridgehead atoms. The average molecular weight is 383 g/mol. The summed E-state index contributed by atoms with van der Waals surface area (Å²) in [6.07, 6.45) is 19.5. The zero-order valence-corrected chi connectivity index (χ0v) is 17.7. The van der Waals surface area contributed by atoms with Crippen molar-refractivity contribution in [3.8, 4) is 0 Å². The molecule has 0 fully saturated rings. The molecule has 0 atom stereocenters. The second kappa shape index (κ2) is 19.2. The van der Waals surface area contributed by atoms with Gasteiger partial charge in [0.25, 0.3) is 0 Å². The molecular formula is C21H42N4O2. The lowest BCUT2D eigenvalue weighted by Crippen LogP contribution is -2.34. The van der Waals surface area contributed by atoms with Gasteiger partial charge in [0.05, 0.1) is 0 Å². The Bertz CT molecular complexity index is 400. The predicted octanol–water partition coefficient (Wildman–Crippen LogP) is 5.91. The maximum atomic E-state index is 11.8. The van der Waals surface area contributed by atoms with Crippen molar-refractivity contribution in [3.05, 3.63) is 0 Å². The monoisotopic (exact) mass is 382 g/mol. The topological polar surface area (TPSA) is 91.8 Å². The lowest BCUT2D eigenvalue weighted by atomic mass is 10.1. The molecule has 0 saturated carbocycles. The predicted molar refractivity (Wildman–Crippen MR) is 114 cm³/mol. The Kier molecular flexibility index (Phi) is 18.0. The summed E-state index contributed by atoms with van der Waals surface area (Å²) in [6, 6.07) is 0. The van der Waals surface area contributed by atoms with Crippen LogP contribution in [0.3, 0.4) is 0 Å². The second-order valence-electron chi connectivity index (χ2n) is 7.20. The van der Waals surface area contributed by atoms with E-state index in [1.165, 1.54) is 64.2 Å². The van der Waals surface area contributed by atoms with E-state index in [2.05, 4.69) is 18.9 Å². The molecule has 0 spiro atoms. The molecule has 158 valence electrons. The fourth-order valence-electron chi connectivity index (χ4n) is 2.83. The van der Waals surface area contributed by atoms with Crippen LogP contribution in [-0.2, 0) is 9.63 Å². The third kappa shape index (κ3) is 17.6. The molecule has 0 aromatic rings. The first kappa shape index (κ1) is 25.4. The van der Waals surface area contributed by atoms with Crippen LogP contribution in [0.2, 0.25) is 0 Å². The quantitative estimate of drug-likeness (QED) is 0.142. The van der Waals surface area contributed by atoms with Gasteiger partial charge in [-0.15, -0.1) is 5.10 Å². The molecule has 6 nitrogen and oxygen atoms in total. The van der Waals surface area contributed by atoms with E-state index in [0.29, 0.717) is 6.42 Å². The van der Waals surface area contributed by atoms with Crippen molar-refractivity contribution in [2.24, 2.45) is 10.8 Å². The molecule has 0 unspecified atom stereocenters. The lowest BCUT2D eigenvalue weighted by Gasteiger charge is -2.14. The molecular weight excluding hydrogens is 340 g/mol. The third-order valence-corrected chi connectivity index (χ3v) is 4.50. The zero-order chi connectivity index (χ0) is 20.2. The number of nitrogens with zero attached hydrogens (tertiary/aromatic N) is 2. The molecule has 3 N–H and O–H groups in total. The Labute approximate surface area is 166 Å². The third-order valence-electron chi connectivity index (χ3n) is 4.50. The summed E-state index contributed by atoms with van der Waals surface area (Å²) >= 11 is 0. The van der Waals surface area contributed by atoms with Gasteiger partial charge in [0.1, 0.15) is 0 Å². The Morgan fingerprint density at radius 1 is 0.889 bits per heavy atom. The highest BCUT2D eigenvalue weighted by atomic mass is 16.7. The number of hydroxylamine groups is 1. The summed E-state index contributed by atoms with van der Waals surface area (Å²) in [5.41, 5.74) is 5.43. The minimum absolute atomic E-state index is 0.337. The number of unbranched alkanes of at least 4 members (excludes halogenated alkanes) is 13. The number of guanidine groups is 1. The number of hydrazone groups is 1. The number of nitrogens with two attached hydrogens (primary N) is 1. The highest BCUT2D eigenvalue weighted by molar-refractivity contribution is 5.77. The average Bonchev–Trinajstić information content (AvgIpc) is 2.65. The smallest absolute Gasteiger partial charge is 0.335 e. The first-order chi connectivity index (χ1) is 13.1. The summed E-state index contributed by atoms with van der Waals surface area (Å²) in [5, 5.41) is 12.3. The molecule has 0 aliphatic rings. The fourth-order valence-corrected chi connectivity index (χ4v) is 2.83. The first-order valence-electron chi connectivity index (χ1n) is 11.0. The van der Waals surface area contributed by atoms with Crippen molar-refractivity contribution in [1.82, 2.24) is 5.17 Å². The number of nitrogens with one attached hydrogen (secondary N) is 1. The Balaban J connectivity index is 3.80. The van der Waals surface area contributed by atoms with Crippen LogP contribution in [0.4, 0.5) is 0 Å². The van der Waals surface area contributed by atoms with Crippen molar-refractivity contribution in [3.63, 3.8) is 0 Å². The summed E-state index contributed by atoms with van der Waals surface area (Å²) in [4.78, 5) is 16.9. The summed E-state index contributed by atoms with van der Waals surface area (Å²) in [7, 11) is 0. The van der Waals surface area contributed by atoms with Gasteiger partial charge in [0, 0.05) is 12.6 Å². The van der Waals surface area contributed by atoms with Gasteiger partial charge < -0.3 is 10.6 Å². The van der Waals surface area contributed by atoms with Gasteiger partial charge in [-0.3, -0.25) is 5.41 Å². The van der Waals surface area contributed by atoms with E-state index in [-0.39, 0.29) is 11.9 Å². The van der Waals surface area contributed by atoms with Gasteiger partial charge in [-0.05, 0) is 19.3 Å². The van der Waals surface area contributed by atoms with Crippen molar-refractivity contribution in [2.45, 2.75) is 117 Å². The second-order valence-corrected chi connectivity index (χ2v) is 7.20. The van der Waals surface area contributed by atoms with E-state index in [0.717, 1.165) is 37.3 Å². The van der Waals surface area contributed by atoms with Crippen LogP contribution in [0.15, 0.2) is 5.10 Å². The molecule has 0 saturated heterocycles. The summed E-state index contributed by atoms with van der Waals surface area (Å²) in [5.74, 6) is -0.761. The van der Waals surface area contributed by atoms with E-state index < -0.39 is 0 Å². The molecule has 0 aliphatic carbocycles. The molecule has 0 amide bonds. The number of hydrogen-bond donors (Lipinski definition) is 2. The number of rotatable bonds is 17. The normalized spacial score (nSPS) is 11.0. The van der Waals surface area contributed by atoms with Crippen LogP contribution >= 0.6 is 0 Å². The van der Waals surface area contributed by atoms with Crippen molar-refractivity contribution in [2.75, 3.05) is 0 Å². The van der Waals surface area contributed by atoms with Crippen LogP contribution < -0.4 is 5.73 Å². The molecule has 0 aromatic carbocycles. The van der Waals surface area contributed by atoms with E-state index in [1.54, 1.807) is 6.21 Å². The standard InChI is InChI=1S/C21H42N4O2/c1-3-5-7-9-11-12-13-15-17-19-24-25(21(22)23)27-20(26)18-16-14-10-8-6-4-2/h19H,3-18H2,1-2H3,(H3,22,23)/b24-19+. The SMILES string of the molecule is CCCCCCCCCC/C=N/N(OC(=O)CCCCCCCC)C(=N)N. The molecule has 0 radical (unpaired) electrons. The van der Waals surface area contributed by atoms with Gasteiger partial charge in [0.15, 0.2) is 0 Å². The summed E-state index contributed by atoms with van der Waals surface area (Å²) in [6.45, 7) is 4.42. The van der Waals surface area contributed by atoms with Crippen molar-refractivity contribution >= 4 is 18.1 Å². The van der Waals surface area contributed by atoms with Crippen LogP contribution in [0, 0.1) is 5.41 Å². The van der Waals surface area contributed by atoms with E-state index in [9.17, 15) is 4.79 Å². The molecule has 0 aromatic heterocycles. The minimum Gasteiger partial charge on any atom is -0.366 e. The van der Waals surface area contributed by atoms with Crippen molar-refractivity contribution in [1.29, 1.82) is 5.41 Å². The largest absolute Gasteiger partial charge is 0.366 e. The number of carbonyl (C=O) groups excluding carboxylic acids is 1. The maximum absolute atomic E-state index is 11.8. The lowest BCUT2D eigenvalue weighted by molar-refractivity contribution is -0.173. The van der Waals surface area contributed by atoms with Gasteiger partial charge in [0.2, 0.25) is 5.96 Å². The van der Waals surface area contributed by atoms with Gasteiger partial charge >= 0.3 is 5.97 Å². The molecule has 0 rings (SSSR count). The van der Waals surface area contributed by atoms with Crippen LogP contribution in [-0.4, -0.2) is 23.3 Å². The van der Waals surface area contributed by atoms with E-state index in [1.807, 2.05) is 0 Å². The Hall–Kier alpha value is -1.59. The minimum atomic E-state index is -0.384. The Morgan fingerprint density at radius 3 is 1.89 bits per heavy atom. The highest BCUT2D eigenvalue weighted by Crippen LogP contribution is 2.10. The van der Waals surface area contributed by atoms with Crippen LogP contribution in [0.1, 0.15) is 117 Å². The molecule has 6 heteroatoms.